The number of alkyl halides is 3. The largest absolute Gasteiger partial charge is 0.433 e. The van der Waals surface area contributed by atoms with Gasteiger partial charge in [-0.3, -0.25) is 0 Å². The van der Waals surface area contributed by atoms with Crippen LogP contribution in [0.1, 0.15) is 24.1 Å². The summed E-state index contributed by atoms with van der Waals surface area (Å²) in [4.78, 5) is 5.20. The average molecular weight is 304 g/mol. The second-order valence-corrected chi connectivity index (χ2v) is 4.77. The summed E-state index contributed by atoms with van der Waals surface area (Å²) in [6, 6.07) is 1.92. The van der Waals surface area contributed by atoms with Crippen molar-refractivity contribution in [3.63, 3.8) is 0 Å². The molecule has 0 unspecified atom stereocenters. The molecule has 1 fully saturated rings. The van der Waals surface area contributed by atoms with Crippen LogP contribution in [-0.4, -0.2) is 40.3 Å². The number of hydrogen-bond donors (Lipinski definition) is 3. The molecule has 2 heterocycles. The first-order chi connectivity index (χ1) is 9.82. The predicted molar refractivity (Wildman–Crippen MR) is 69.2 cm³/mol. The van der Waals surface area contributed by atoms with Gasteiger partial charge in [-0.1, -0.05) is 5.16 Å². The third kappa shape index (κ3) is 3.35. The van der Waals surface area contributed by atoms with Crippen LogP contribution in [0.3, 0.4) is 0 Å². The lowest BCUT2D eigenvalue weighted by atomic mass is 10.1. The summed E-state index contributed by atoms with van der Waals surface area (Å²) >= 11 is 0. The van der Waals surface area contributed by atoms with Gasteiger partial charge in [-0.05, 0) is 25.0 Å². The Hall–Kier alpha value is -2.03. The van der Waals surface area contributed by atoms with Crippen LogP contribution in [-0.2, 0) is 6.18 Å². The molecule has 1 aliphatic heterocycles. The fourth-order valence-electron chi connectivity index (χ4n) is 2.18. The van der Waals surface area contributed by atoms with Crippen LogP contribution in [0, 0.1) is 0 Å². The maximum Gasteiger partial charge on any atom is 0.433 e. The highest BCUT2D eigenvalue weighted by atomic mass is 19.4. The van der Waals surface area contributed by atoms with Crippen molar-refractivity contribution in [2.24, 2.45) is 10.9 Å². The zero-order chi connectivity index (χ0) is 15.6. The van der Waals surface area contributed by atoms with Crippen LogP contribution in [0.25, 0.3) is 0 Å². The van der Waals surface area contributed by atoms with E-state index in [1.54, 1.807) is 4.90 Å². The van der Waals surface area contributed by atoms with Gasteiger partial charge in [-0.25, -0.2) is 4.98 Å². The van der Waals surface area contributed by atoms with Crippen LogP contribution in [0.2, 0.25) is 0 Å². The maximum atomic E-state index is 12.8. The van der Waals surface area contributed by atoms with Crippen LogP contribution in [0.4, 0.5) is 19.0 Å². The van der Waals surface area contributed by atoms with Gasteiger partial charge in [0.25, 0.3) is 0 Å². The Balaban J connectivity index is 2.43. The van der Waals surface area contributed by atoms with E-state index in [2.05, 4.69) is 10.1 Å². The Bertz CT molecular complexity index is 540. The van der Waals surface area contributed by atoms with Crippen molar-refractivity contribution in [3.8, 4) is 0 Å². The number of pyridine rings is 1. The SMILES string of the molecule is NC(=NO)c1ccc(C(F)(F)F)nc1N1CCC(O)CC1. The highest BCUT2D eigenvalue weighted by Gasteiger charge is 2.34. The molecule has 6 nitrogen and oxygen atoms in total. The van der Waals surface area contributed by atoms with Gasteiger partial charge in [0, 0.05) is 13.1 Å². The van der Waals surface area contributed by atoms with Crippen LogP contribution in [0.15, 0.2) is 17.3 Å². The quantitative estimate of drug-likeness (QED) is 0.330. The summed E-state index contributed by atoms with van der Waals surface area (Å²) in [7, 11) is 0. The molecule has 0 radical (unpaired) electrons. The van der Waals surface area contributed by atoms with Crippen molar-refractivity contribution in [3.05, 3.63) is 23.4 Å². The van der Waals surface area contributed by atoms with Gasteiger partial charge in [0.2, 0.25) is 0 Å². The van der Waals surface area contributed by atoms with Crippen LogP contribution >= 0.6 is 0 Å². The fraction of sp³-hybridized carbons (Fsp3) is 0.500. The summed E-state index contributed by atoms with van der Waals surface area (Å²) in [5.74, 6) is -0.302. The number of oxime groups is 1. The highest BCUT2D eigenvalue weighted by molar-refractivity contribution is 6.01. The number of hydrogen-bond acceptors (Lipinski definition) is 5. The lowest BCUT2D eigenvalue weighted by Gasteiger charge is -2.32. The summed E-state index contributed by atoms with van der Waals surface area (Å²) in [6.07, 6.45) is -4.20. The Morgan fingerprint density at radius 3 is 2.48 bits per heavy atom. The number of aliphatic hydroxyl groups is 1. The van der Waals surface area contributed by atoms with E-state index in [0.29, 0.717) is 25.9 Å². The lowest BCUT2D eigenvalue weighted by Crippen LogP contribution is -2.38. The molecule has 1 aromatic heterocycles. The van der Waals surface area contributed by atoms with Gasteiger partial charge in [0.05, 0.1) is 11.7 Å². The predicted octanol–water partition coefficient (Wildman–Crippen LogP) is 1.16. The monoisotopic (exact) mass is 304 g/mol. The molecule has 21 heavy (non-hydrogen) atoms. The summed E-state index contributed by atoms with van der Waals surface area (Å²) in [5, 5.41) is 21.0. The number of nitrogens with two attached hydrogens (primary N) is 1. The molecule has 0 aromatic carbocycles. The van der Waals surface area contributed by atoms with Crippen molar-refractivity contribution < 1.29 is 23.5 Å². The Morgan fingerprint density at radius 1 is 1.33 bits per heavy atom. The zero-order valence-electron chi connectivity index (χ0n) is 11.0. The van der Waals surface area contributed by atoms with Crippen molar-refractivity contribution >= 4 is 11.7 Å². The first-order valence-electron chi connectivity index (χ1n) is 6.32. The second kappa shape index (κ2) is 5.76. The molecule has 2 rings (SSSR count). The minimum absolute atomic E-state index is 0.00650. The third-order valence-electron chi connectivity index (χ3n) is 3.31. The second-order valence-electron chi connectivity index (χ2n) is 4.77. The summed E-state index contributed by atoms with van der Waals surface area (Å²) in [6.45, 7) is 0.697. The Morgan fingerprint density at radius 2 is 1.95 bits per heavy atom. The molecule has 0 bridgehead atoms. The van der Waals surface area contributed by atoms with Gasteiger partial charge in [-0.2, -0.15) is 13.2 Å². The normalized spacial score (nSPS) is 18.1. The summed E-state index contributed by atoms with van der Waals surface area (Å²) in [5.41, 5.74) is 4.57. The van der Waals surface area contributed by atoms with Crippen LogP contribution in [0.5, 0.6) is 0 Å². The fourth-order valence-corrected chi connectivity index (χ4v) is 2.18. The van der Waals surface area contributed by atoms with E-state index >= 15 is 0 Å². The molecule has 1 aliphatic rings. The van der Waals surface area contributed by atoms with Crippen molar-refractivity contribution in [1.82, 2.24) is 4.98 Å². The number of nitrogens with zero attached hydrogens (tertiary/aromatic N) is 3. The van der Waals surface area contributed by atoms with Gasteiger partial charge in [-0.15, -0.1) is 0 Å². The molecule has 0 spiro atoms. The molecule has 1 aromatic rings. The molecule has 0 aliphatic carbocycles. The molecular formula is C12H15F3N4O2. The molecule has 9 heteroatoms. The van der Waals surface area contributed by atoms with Crippen molar-refractivity contribution in [1.29, 1.82) is 0 Å². The number of amidine groups is 1. The first-order valence-corrected chi connectivity index (χ1v) is 6.32. The van der Waals surface area contributed by atoms with Gasteiger partial charge in [0.15, 0.2) is 5.84 Å². The van der Waals surface area contributed by atoms with Crippen molar-refractivity contribution in [2.75, 3.05) is 18.0 Å². The van der Waals surface area contributed by atoms with Crippen LogP contribution < -0.4 is 10.6 Å². The number of anilines is 1. The minimum atomic E-state index is -4.58. The molecule has 1 saturated heterocycles. The molecule has 0 saturated carbocycles. The van der Waals surface area contributed by atoms with Crippen molar-refractivity contribution in [2.45, 2.75) is 25.1 Å². The standard InChI is InChI=1S/C12H15F3N4O2/c13-12(14,15)9-2-1-8(10(16)18-21)11(17-9)19-5-3-7(20)4-6-19/h1-2,7,20-21H,3-6H2,(H2,16,18). The average Bonchev–Trinajstić information content (AvgIpc) is 2.45. The van der Waals surface area contributed by atoms with E-state index in [4.69, 9.17) is 10.9 Å². The van der Waals surface area contributed by atoms with E-state index in [1.807, 2.05) is 0 Å². The highest BCUT2D eigenvalue weighted by Crippen LogP contribution is 2.31. The van der Waals surface area contributed by atoms with E-state index < -0.39 is 18.0 Å². The lowest BCUT2D eigenvalue weighted by molar-refractivity contribution is -0.141. The smallest absolute Gasteiger partial charge is 0.409 e. The number of piperidine rings is 1. The molecule has 116 valence electrons. The molecule has 0 atom stereocenters. The first kappa shape index (κ1) is 15.4. The number of halogens is 3. The van der Waals surface area contributed by atoms with Gasteiger partial charge in [0.1, 0.15) is 11.5 Å². The third-order valence-corrected chi connectivity index (χ3v) is 3.31. The molecule has 4 N–H and O–H groups in total. The zero-order valence-corrected chi connectivity index (χ0v) is 11.0. The van der Waals surface area contributed by atoms with E-state index in [9.17, 15) is 18.3 Å². The van der Waals surface area contributed by atoms with Gasteiger partial charge >= 0.3 is 6.18 Å². The minimum Gasteiger partial charge on any atom is -0.409 e. The van der Waals surface area contributed by atoms with E-state index in [0.717, 1.165) is 12.1 Å². The maximum absolute atomic E-state index is 12.8. The van der Waals surface area contributed by atoms with Gasteiger partial charge < -0.3 is 20.9 Å². The topological polar surface area (TPSA) is 95.0 Å². The molecular weight excluding hydrogens is 289 g/mol. The van der Waals surface area contributed by atoms with E-state index in [-0.39, 0.29) is 17.2 Å². The number of rotatable bonds is 2. The Kier molecular flexibility index (Phi) is 4.21. The number of aromatic nitrogens is 1. The Labute approximate surface area is 118 Å². The summed E-state index contributed by atoms with van der Waals surface area (Å²) < 4.78 is 38.3. The number of aliphatic hydroxyl groups excluding tert-OH is 1. The van der Waals surface area contributed by atoms with E-state index in [1.165, 1.54) is 0 Å². The molecule has 0 amide bonds.